The summed E-state index contributed by atoms with van der Waals surface area (Å²) in [5.41, 5.74) is 0.282. The SMILES string of the molecule is O=C(c1nc2c(C(F)(F)F)cc(C3=CCNC3)cn2c1Cl)N1CC=C(c2ncccc2F)CC1. The third kappa shape index (κ3) is 3.97. The van der Waals surface area contributed by atoms with Gasteiger partial charge in [0.2, 0.25) is 0 Å². The van der Waals surface area contributed by atoms with E-state index in [9.17, 15) is 22.4 Å². The van der Waals surface area contributed by atoms with Crippen LogP contribution in [0.5, 0.6) is 0 Å². The van der Waals surface area contributed by atoms with Crippen LogP contribution < -0.4 is 5.32 Å². The highest BCUT2D eigenvalue weighted by Gasteiger charge is 2.37. The molecule has 0 spiro atoms. The summed E-state index contributed by atoms with van der Waals surface area (Å²) in [7, 11) is 0. The molecule has 2 aliphatic heterocycles. The minimum absolute atomic E-state index is 0.129. The van der Waals surface area contributed by atoms with Crippen molar-refractivity contribution in [2.75, 3.05) is 26.2 Å². The second-order valence-electron chi connectivity index (χ2n) is 8.01. The number of amides is 1. The van der Waals surface area contributed by atoms with Gasteiger partial charge in [-0.3, -0.25) is 14.2 Å². The van der Waals surface area contributed by atoms with Crippen LogP contribution in [-0.2, 0) is 6.18 Å². The number of halogens is 5. The summed E-state index contributed by atoms with van der Waals surface area (Å²) in [4.78, 5) is 22.6. The molecule has 1 N–H and O–H groups in total. The number of carbonyl (C=O) groups is 1. The van der Waals surface area contributed by atoms with Crippen LogP contribution in [0.25, 0.3) is 16.8 Å². The van der Waals surface area contributed by atoms with Gasteiger partial charge in [0.15, 0.2) is 11.3 Å². The number of hydrogen-bond donors (Lipinski definition) is 1. The number of rotatable bonds is 3. The lowest BCUT2D eigenvalue weighted by Gasteiger charge is -2.25. The highest BCUT2D eigenvalue weighted by atomic mass is 35.5. The van der Waals surface area contributed by atoms with E-state index in [0.29, 0.717) is 36.2 Å². The molecule has 0 radical (unpaired) electrons. The van der Waals surface area contributed by atoms with Gasteiger partial charge in [-0.15, -0.1) is 0 Å². The van der Waals surface area contributed by atoms with E-state index in [1.165, 1.54) is 29.4 Å². The fourth-order valence-corrected chi connectivity index (χ4v) is 4.42. The lowest BCUT2D eigenvalue weighted by molar-refractivity contribution is -0.136. The van der Waals surface area contributed by atoms with Crippen molar-refractivity contribution < 1.29 is 22.4 Å². The zero-order valence-electron chi connectivity index (χ0n) is 17.7. The minimum atomic E-state index is -4.69. The first kappa shape index (κ1) is 22.5. The maximum Gasteiger partial charge on any atom is 0.420 e. The fraction of sp³-hybridized carbons (Fsp3) is 0.261. The van der Waals surface area contributed by atoms with Crippen LogP contribution in [0.3, 0.4) is 0 Å². The van der Waals surface area contributed by atoms with Crippen molar-refractivity contribution in [3.63, 3.8) is 0 Å². The predicted molar refractivity (Wildman–Crippen MR) is 119 cm³/mol. The number of alkyl halides is 3. The van der Waals surface area contributed by atoms with Gasteiger partial charge in [-0.1, -0.05) is 23.8 Å². The van der Waals surface area contributed by atoms with Crippen molar-refractivity contribution in [2.24, 2.45) is 0 Å². The average Bonchev–Trinajstić information content (AvgIpc) is 3.47. The molecule has 11 heteroatoms. The molecule has 6 nitrogen and oxygen atoms in total. The Morgan fingerprint density at radius 3 is 2.68 bits per heavy atom. The Labute approximate surface area is 196 Å². The van der Waals surface area contributed by atoms with Crippen LogP contribution in [0.4, 0.5) is 17.6 Å². The largest absolute Gasteiger partial charge is 0.420 e. The van der Waals surface area contributed by atoms with Gasteiger partial charge in [0, 0.05) is 38.6 Å². The number of fused-ring (bicyclic) bond motifs is 1. The molecule has 0 bridgehead atoms. The standard InChI is InChI=1S/C23H18ClF4N5O/c24-20-19(22(34)32-8-4-13(5-9-32)18-17(25)2-1-6-30-18)31-21-16(23(26,27)28)10-15(12-33(20)21)14-3-7-29-11-14/h1-4,6,10,12,29H,5,7-9,11H2. The van der Waals surface area contributed by atoms with Crippen LogP contribution >= 0.6 is 11.6 Å². The maximum atomic E-state index is 14.0. The molecule has 0 saturated carbocycles. The summed E-state index contributed by atoms with van der Waals surface area (Å²) >= 11 is 6.39. The van der Waals surface area contributed by atoms with Crippen molar-refractivity contribution in [2.45, 2.75) is 12.6 Å². The van der Waals surface area contributed by atoms with E-state index < -0.39 is 29.1 Å². The predicted octanol–water partition coefficient (Wildman–Crippen LogP) is 4.46. The zero-order chi connectivity index (χ0) is 24.0. The molecular formula is C23H18ClF4N5O. The molecule has 176 valence electrons. The first-order valence-electron chi connectivity index (χ1n) is 10.5. The molecule has 0 fully saturated rings. The molecule has 0 aromatic carbocycles. The number of imidazole rings is 1. The number of pyridine rings is 2. The number of aromatic nitrogens is 3. The molecule has 5 heterocycles. The van der Waals surface area contributed by atoms with Gasteiger partial charge >= 0.3 is 6.18 Å². The van der Waals surface area contributed by atoms with Crippen LogP contribution in [-0.4, -0.2) is 51.4 Å². The fourth-order valence-electron chi connectivity index (χ4n) is 4.17. The highest BCUT2D eigenvalue weighted by Crippen LogP contribution is 2.36. The van der Waals surface area contributed by atoms with Gasteiger partial charge in [0.05, 0.1) is 5.56 Å². The lowest BCUT2D eigenvalue weighted by atomic mass is 10.0. The van der Waals surface area contributed by atoms with Gasteiger partial charge in [0.25, 0.3) is 5.91 Å². The molecule has 0 atom stereocenters. The van der Waals surface area contributed by atoms with Gasteiger partial charge < -0.3 is 10.2 Å². The molecule has 5 rings (SSSR count). The highest BCUT2D eigenvalue weighted by molar-refractivity contribution is 6.33. The van der Waals surface area contributed by atoms with Gasteiger partial charge in [-0.2, -0.15) is 13.2 Å². The van der Waals surface area contributed by atoms with Crippen molar-refractivity contribution in [1.29, 1.82) is 0 Å². The van der Waals surface area contributed by atoms with Gasteiger partial charge in [-0.25, -0.2) is 9.37 Å². The first-order chi connectivity index (χ1) is 16.2. The lowest BCUT2D eigenvalue weighted by Crippen LogP contribution is -2.35. The van der Waals surface area contributed by atoms with E-state index in [1.807, 2.05) is 0 Å². The normalized spacial score (nSPS) is 16.7. The first-order valence-corrected chi connectivity index (χ1v) is 10.9. The van der Waals surface area contributed by atoms with Crippen molar-refractivity contribution in [1.82, 2.24) is 24.6 Å². The third-order valence-electron chi connectivity index (χ3n) is 5.91. The summed E-state index contributed by atoms with van der Waals surface area (Å²) in [6.45, 7) is 1.34. The second kappa shape index (κ2) is 8.52. The molecule has 34 heavy (non-hydrogen) atoms. The van der Waals surface area contributed by atoms with Crippen LogP contribution in [0.2, 0.25) is 5.15 Å². The molecule has 0 unspecified atom stereocenters. The monoisotopic (exact) mass is 491 g/mol. The molecule has 1 amide bonds. The van der Waals surface area contributed by atoms with Crippen LogP contribution in [0.15, 0.2) is 42.7 Å². The number of nitrogens with zero attached hydrogens (tertiary/aromatic N) is 4. The number of carbonyl (C=O) groups excluding carboxylic acids is 1. The average molecular weight is 492 g/mol. The molecule has 0 aliphatic carbocycles. The second-order valence-corrected chi connectivity index (χ2v) is 8.37. The molecule has 0 saturated heterocycles. The minimum Gasteiger partial charge on any atom is -0.333 e. The topological polar surface area (TPSA) is 62.5 Å². The summed E-state index contributed by atoms with van der Waals surface area (Å²) in [6.07, 6.45) is 2.08. The Morgan fingerprint density at radius 1 is 1.21 bits per heavy atom. The third-order valence-corrected chi connectivity index (χ3v) is 6.27. The Morgan fingerprint density at radius 2 is 2.03 bits per heavy atom. The zero-order valence-corrected chi connectivity index (χ0v) is 18.4. The smallest absolute Gasteiger partial charge is 0.333 e. The molecule has 3 aromatic rings. The Kier molecular flexibility index (Phi) is 5.65. The van der Waals surface area contributed by atoms with Crippen LogP contribution in [0.1, 0.15) is 33.7 Å². The number of nitrogens with one attached hydrogen (secondary N) is 1. The van der Waals surface area contributed by atoms with Gasteiger partial charge in [0.1, 0.15) is 16.7 Å². The molecule has 3 aromatic heterocycles. The summed E-state index contributed by atoms with van der Waals surface area (Å²) in [5, 5.41) is 2.86. The van der Waals surface area contributed by atoms with Crippen molar-refractivity contribution in [3.8, 4) is 0 Å². The Hall–Kier alpha value is -3.24. The number of hydrogen-bond acceptors (Lipinski definition) is 4. The molecule has 2 aliphatic rings. The summed E-state index contributed by atoms with van der Waals surface area (Å²) in [6, 6.07) is 3.83. The summed E-state index contributed by atoms with van der Waals surface area (Å²) < 4.78 is 56.7. The summed E-state index contributed by atoms with van der Waals surface area (Å²) in [5.74, 6) is -1.05. The van der Waals surface area contributed by atoms with E-state index in [-0.39, 0.29) is 29.6 Å². The Balaban J connectivity index is 1.50. The van der Waals surface area contributed by atoms with E-state index in [4.69, 9.17) is 11.6 Å². The van der Waals surface area contributed by atoms with E-state index in [1.54, 1.807) is 12.2 Å². The van der Waals surface area contributed by atoms with Gasteiger partial charge in [-0.05, 0) is 41.3 Å². The van der Waals surface area contributed by atoms with E-state index >= 15 is 0 Å². The Bertz CT molecular complexity index is 1360. The quantitative estimate of drug-likeness (QED) is 0.550. The van der Waals surface area contributed by atoms with E-state index in [0.717, 1.165) is 10.5 Å². The molecular weight excluding hydrogens is 474 g/mol. The van der Waals surface area contributed by atoms with E-state index in [2.05, 4.69) is 15.3 Å². The van der Waals surface area contributed by atoms with Crippen molar-refractivity contribution in [3.05, 3.63) is 76.2 Å². The van der Waals surface area contributed by atoms with Crippen molar-refractivity contribution >= 4 is 34.3 Å². The maximum absolute atomic E-state index is 14.0. The van der Waals surface area contributed by atoms with Crippen LogP contribution in [0, 0.1) is 5.82 Å².